The van der Waals surface area contributed by atoms with Gasteiger partial charge in [-0.05, 0) is 76.2 Å². The lowest BCUT2D eigenvalue weighted by Gasteiger charge is -2.34. The van der Waals surface area contributed by atoms with Crippen LogP contribution in [0, 0.1) is 12.3 Å². The van der Waals surface area contributed by atoms with Crippen molar-refractivity contribution >= 4 is 23.5 Å². The molecule has 0 saturated carbocycles. The maximum Gasteiger partial charge on any atom is 0.219 e. The number of aromatic nitrogens is 4. The Bertz CT molecular complexity index is 1360. The zero-order chi connectivity index (χ0) is 26.1. The third-order valence-corrected chi connectivity index (χ3v) is 8.30. The minimum absolute atomic E-state index is 0.0417. The van der Waals surface area contributed by atoms with Crippen molar-refractivity contribution in [1.82, 2.24) is 20.2 Å². The Hall–Kier alpha value is -2.97. The molecule has 4 rings (SSSR count). The molecule has 0 aliphatic carbocycles. The van der Waals surface area contributed by atoms with Gasteiger partial charge < -0.3 is 10.2 Å². The number of hydrogen-bond donors (Lipinski definition) is 2. The van der Waals surface area contributed by atoms with Gasteiger partial charge in [0.15, 0.2) is 0 Å². The highest BCUT2D eigenvalue weighted by atomic mass is 32.2. The number of benzene rings is 3. The fourth-order valence-electron chi connectivity index (χ4n) is 4.59. The predicted molar refractivity (Wildman–Crippen MR) is 145 cm³/mol. The fourth-order valence-corrected chi connectivity index (χ4v) is 6.68. The average Bonchev–Trinajstić information content (AvgIpc) is 3.27. The van der Waals surface area contributed by atoms with Gasteiger partial charge in [0.25, 0.3) is 0 Å². The summed E-state index contributed by atoms with van der Waals surface area (Å²) < 4.78 is 1.63. The average molecular weight is 521 g/mol. The molecule has 188 valence electrons. The topological polar surface area (TPSA) is 84.1 Å². The molecule has 0 amide bonds. The Labute approximate surface area is 221 Å². The minimum Gasteiger partial charge on any atom is -0.507 e. The molecule has 0 aliphatic heterocycles. The maximum absolute atomic E-state index is 11.7. The summed E-state index contributed by atoms with van der Waals surface area (Å²) in [5.41, 5.74) is 2.30. The van der Waals surface area contributed by atoms with Crippen LogP contribution in [0.25, 0.3) is 5.69 Å². The number of tetrazole rings is 1. The van der Waals surface area contributed by atoms with Gasteiger partial charge in [0.1, 0.15) is 11.5 Å². The summed E-state index contributed by atoms with van der Waals surface area (Å²) >= 11 is 2.68. The Morgan fingerprint density at radius 1 is 0.861 bits per heavy atom. The first-order chi connectivity index (χ1) is 17.0. The lowest BCUT2D eigenvalue weighted by Crippen LogP contribution is -2.25. The number of para-hydroxylation sites is 1. The molecule has 0 radical (unpaired) electrons. The van der Waals surface area contributed by atoms with Crippen LogP contribution in [0.1, 0.15) is 52.2 Å². The molecule has 0 atom stereocenters. The first-order valence-corrected chi connectivity index (χ1v) is 13.4. The molecule has 4 aromatic rings. The van der Waals surface area contributed by atoms with E-state index in [4.69, 9.17) is 0 Å². The van der Waals surface area contributed by atoms with Crippen molar-refractivity contribution in [3.05, 3.63) is 71.8 Å². The standard InChI is InChI=1S/C28H32N4O2S2/c1-18-12-10-11-15-22(18)35-25-23(34)20(28(5,6)17-27(2,3)4)16-21(33)24(25)36-26-29-30-31-32(26)19-13-8-7-9-14-19/h7-16,33-34H,17H2,1-6H3. The van der Waals surface area contributed by atoms with E-state index in [2.05, 4.69) is 50.1 Å². The molecule has 8 heteroatoms. The second-order valence-corrected chi connectivity index (χ2v) is 12.8. The lowest BCUT2D eigenvalue weighted by molar-refractivity contribution is 0.276. The van der Waals surface area contributed by atoms with Crippen LogP contribution in [0.2, 0.25) is 0 Å². The van der Waals surface area contributed by atoms with Gasteiger partial charge in [0.2, 0.25) is 5.16 Å². The van der Waals surface area contributed by atoms with Gasteiger partial charge in [0, 0.05) is 10.5 Å². The smallest absolute Gasteiger partial charge is 0.219 e. The third kappa shape index (κ3) is 5.71. The molecule has 1 aromatic heterocycles. The first-order valence-electron chi connectivity index (χ1n) is 11.8. The Morgan fingerprint density at radius 2 is 1.53 bits per heavy atom. The molecular formula is C28H32N4O2S2. The van der Waals surface area contributed by atoms with E-state index in [1.165, 1.54) is 23.5 Å². The van der Waals surface area contributed by atoms with Crippen molar-refractivity contribution in [2.24, 2.45) is 5.41 Å². The van der Waals surface area contributed by atoms with E-state index in [-0.39, 0.29) is 22.3 Å². The van der Waals surface area contributed by atoms with Crippen molar-refractivity contribution in [1.29, 1.82) is 0 Å². The second-order valence-electron chi connectivity index (χ2n) is 10.7. The molecule has 0 unspecified atom stereocenters. The number of aromatic hydroxyl groups is 2. The van der Waals surface area contributed by atoms with Crippen LogP contribution >= 0.6 is 23.5 Å². The molecule has 36 heavy (non-hydrogen) atoms. The normalized spacial score (nSPS) is 12.2. The lowest BCUT2D eigenvalue weighted by atomic mass is 9.72. The number of phenols is 2. The van der Waals surface area contributed by atoms with Gasteiger partial charge in [-0.15, -0.1) is 5.10 Å². The Balaban J connectivity index is 1.86. The summed E-state index contributed by atoms with van der Waals surface area (Å²) in [6, 6.07) is 19.3. The van der Waals surface area contributed by atoms with Gasteiger partial charge in [-0.1, -0.05) is 82.8 Å². The molecule has 0 bridgehead atoms. The monoisotopic (exact) mass is 520 g/mol. The molecule has 0 fully saturated rings. The zero-order valence-electron chi connectivity index (χ0n) is 21.5. The molecule has 0 aliphatic rings. The first kappa shape index (κ1) is 26.1. The third-order valence-electron chi connectivity index (χ3n) is 5.83. The zero-order valence-corrected chi connectivity index (χ0v) is 23.1. The Kier molecular flexibility index (Phi) is 7.38. The summed E-state index contributed by atoms with van der Waals surface area (Å²) in [6.07, 6.45) is 0.834. The summed E-state index contributed by atoms with van der Waals surface area (Å²) in [5.74, 6) is 0.269. The van der Waals surface area contributed by atoms with Crippen molar-refractivity contribution < 1.29 is 10.2 Å². The van der Waals surface area contributed by atoms with Gasteiger partial charge in [0.05, 0.1) is 15.5 Å². The largest absolute Gasteiger partial charge is 0.507 e. The van der Waals surface area contributed by atoms with Crippen molar-refractivity contribution in [3.8, 4) is 17.2 Å². The van der Waals surface area contributed by atoms with Gasteiger partial charge in [-0.2, -0.15) is 4.68 Å². The van der Waals surface area contributed by atoms with Gasteiger partial charge in [-0.3, -0.25) is 0 Å². The predicted octanol–water partition coefficient (Wildman–Crippen LogP) is 7.40. The Morgan fingerprint density at radius 3 is 2.19 bits per heavy atom. The summed E-state index contributed by atoms with van der Waals surface area (Å²) in [4.78, 5) is 2.11. The van der Waals surface area contributed by atoms with Gasteiger partial charge in [-0.25, -0.2) is 0 Å². The van der Waals surface area contributed by atoms with Crippen molar-refractivity contribution in [2.45, 2.75) is 73.2 Å². The van der Waals surface area contributed by atoms with Crippen LogP contribution in [0.5, 0.6) is 11.5 Å². The summed E-state index contributed by atoms with van der Waals surface area (Å²) in [7, 11) is 0. The van der Waals surface area contributed by atoms with E-state index in [0.29, 0.717) is 14.9 Å². The van der Waals surface area contributed by atoms with E-state index >= 15 is 0 Å². The highest BCUT2D eigenvalue weighted by Crippen LogP contribution is 2.53. The molecule has 3 aromatic carbocycles. The van der Waals surface area contributed by atoms with Crippen LogP contribution in [0.15, 0.2) is 80.5 Å². The summed E-state index contributed by atoms with van der Waals surface area (Å²) in [6.45, 7) is 12.8. The quantitative estimate of drug-likeness (QED) is 0.246. The number of aryl methyl sites for hydroxylation is 1. The molecule has 0 spiro atoms. The van der Waals surface area contributed by atoms with E-state index in [9.17, 15) is 10.2 Å². The second kappa shape index (κ2) is 10.2. The number of phenolic OH excluding ortho intramolecular Hbond substituents is 2. The number of rotatable bonds is 7. The van der Waals surface area contributed by atoms with Crippen molar-refractivity contribution in [2.75, 3.05) is 0 Å². The number of hydrogen-bond acceptors (Lipinski definition) is 7. The number of nitrogens with zero attached hydrogens (tertiary/aromatic N) is 4. The van der Waals surface area contributed by atoms with Crippen molar-refractivity contribution in [3.63, 3.8) is 0 Å². The highest BCUT2D eigenvalue weighted by molar-refractivity contribution is 8.02. The van der Waals surface area contributed by atoms with E-state index in [1.807, 2.05) is 61.5 Å². The van der Waals surface area contributed by atoms with Crippen LogP contribution < -0.4 is 0 Å². The molecule has 1 heterocycles. The van der Waals surface area contributed by atoms with Crippen LogP contribution in [-0.4, -0.2) is 30.4 Å². The van der Waals surface area contributed by atoms with E-state index in [1.54, 1.807) is 10.7 Å². The van der Waals surface area contributed by atoms with Crippen LogP contribution in [0.4, 0.5) is 0 Å². The maximum atomic E-state index is 11.7. The summed E-state index contributed by atoms with van der Waals surface area (Å²) in [5, 5.41) is 35.7. The molecular weight excluding hydrogens is 488 g/mol. The SMILES string of the molecule is Cc1ccccc1Sc1c(O)c(C(C)(C)CC(C)(C)C)cc(O)c1Sc1nnnn1-c1ccccc1. The minimum atomic E-state index is -0.365. The van der Waals surface area contributed by atoms with E-state index < -0.39 is 0 Å². The highest BCUT2D eigenvalue weighted by Gasteiger charge is 2.33. The fraction of sp³-hybridized carbons (Fsp3) is 0.321. The molecule has 0 saturated heterocycles. The van der Waals surface area contributed by atoms with E-state index in [0.717, 1.165) is 28.1 Å². The van der Waals surface area contributed by atoms with Crippen LogP contribution in [0.3, 0.4) is 0 Å². The van der Waals surface area contributed by atoms with Crippen LogP contribution in [-0.2, 0) is 5.41 Å². The molecule has 6 nitrogen and oxygen atoms in total. The molecule has 2 N–H and O–H groups in total. The van der Waals surface area contributed by atoms with Gasteiger partial charge >= 0.3 is 0 Å².